The van der Waals surface area contributed by atoms with Gasteiger partial charge in [0.2, 0.25) is 0 Å². The normalized spacial score (nSPS) is 13.2. The minimum atomic E-state index is -0.471. The molecular weight excluding hydrogens is 503 g/mol. The van der Waals surface area contributed by atoms with Gasteiger partial charge in [-0.3, -0.25) is 0 Å². The Morgan fingerprint density at radius 2 is 1.00 bits per heavy atom. The molecule has 0 amide bonds. The van der Waals surface area contributed by atoms with Crippen molar-refractivity contribution in [2.45, 2.75) is 5.41 Å². The SMILES string of the molecule is [C-]#[N+]c1cccc(N(c2cccc(F)c2)c2ccc3c(c2)C2(c4ccccc4-c4ccccc42)c2ccccc2-3)c1. The fourth-order valence-electron chi connectivity index (χ4n) is 6.99. The molecule has 2 aliphatic carbocycles. The van der Waals surface area contributed by atoms with E-state index < -0.39 is 5.41 Å². The highest BCUT2D eigenvalue weighted by atomic mass is 19.1. The van der Waals surface area contributed by atoms with Crippen LogP contribution in [0.25, 0.3) is 27.1 Å². The highest BCUT2D eigenvalue weighted by Crippen LogP contribution is 2.63. The Morgan fingerprint density at radius 1 is 0.488 bits per heavy atom. The number of hydrogen-bond acceptors (Lipinski definition) is 1. The predicted octanol–water partition coefficient (Wildman–Crippen LogP) is 10.2. The summed E-state index contributed by atoms with van der Waals surface area (Å²) in [6.45, 7) is 7.59. The molecule has 41 heavy (non-hydrogen) atoms. The molecule has 0 radical (unpaired) electrons. The van der Waals surface area contributed by atoms with Gasteiger partial charge >= 0.3 is 0 Å². The minimum Gasteiger partial charge on any atom is -0.312 e. The molecule has 1 spiro atoms. The molecule has 0 aromatic heterocycles. The van der Waals surface area contributed by atoms with Crippen molar-refractivity contribution in [1.29, 1.82) is 0 Å². The topological polar surface area (TPSA) is 7.60 Å². The molecule has 0 atom stereocenters. The van der Waals surface area contributed by atoms with Crippen LogP contribution >= 0.6 is 0 Å². The molecule has 0 fully saturated rings. The van der Waals surface area contributed by atoms with E-state index >= 15 is 0 Å². The summed E-state index contributed by atoms with van der Waals surface area (Å²) >= 11 is 0. The van der Waals surface area contributed by atoms with Crippen molar-refractivity contribution in [3.8, 4) is 22.3 Å². The number of fused-ring (bicyclic) bond motifs is 10. The van der Waals surface area contributed by atoms with Crippen molar-refractivity contribution < 1.29 is 4.39 Å². The molecule has 0 bridgehead atoms. The van der Waals surface area contributed by atoms with Gasteiger partial charge in [-0.25, -0.2) is 9.24 Å². The summed E-state index contributed by atoms with van der Waals surface area (Å²) in [4.78, 5) is 5.70. The van der Waals surface area contributed by atoms with Crippen molar-refractivity contribution in [2.75, 3.05) is 4.90 Å². The van der Waals surface area contributed by atoms with Crippen molar-refractivity contribution in [3.63, 3.8) is 0 Å². The van der Waals surface area contributed by atoms with Crippen molar-refractivity contribution in [3.05, 3.63) is 179 Å². The molecule has 6 aromatic carbocycles. The fraction of sp³-hybridized carbons (Fsp3) is 0.0263. The highest BCUT2D eigenvalue weighted by molar-refractivity contribution is 5.96. The number of rotatable bonds is 3. The second kappa shape index (κ2) is 8.78. The molecule has 0 aliphatic heterocycles. The van der Waals surface area contributed by atoms with Crippen LogP contribution in [0.4, 0.5) is 27.1 Å². The number of hydrogen-bond donors (Lipinski definition) is 0. The fourth-order valence-corrected chi connectivity index (χ4v) is 6.99. The second-order valence-electron chi connectivity index (χ2n) is 10.6. The van der Waals surface area contributed by atoms with Crippen LogP contribution in [-0.4, -0.2) is 0 Å². The summed E-state index contributed by atoms with van der Waals surface area (Å²) in [7, 11) is 0. The molecule has 0 saturated carbocycles. The van der Waals surface area contributed by atoms with E-state index in [1.54, 1.807) is 18.2 Å². The first-order chi connectivity index (χ1) is 20.2. The van der Waals surface area contributed by atoms with Gasteiger partial charge in [0.25, 0.3) is 0 Å². The van der Waals surface area contributed by atoms with E-state index in [9.17, 15) is 4.39 Å². The lowest BCUT2D eigenvalue weighted by Crippen LogP contribution is -2.26. The molecule has 0 unspecified atom stereocenters. The molecule has 0 saturated heterocycles. The highest BCUT2D eigenvalue weighted by Gasteiger charge is 2.51. The standard InChI is InChI=1S/C38H23FN2/c1-40-26-11-9-13-28(23-26)41(27-12-8-10-25(39)22-27)29-20-21-33-32-16-4-7-19-36(32)38(37(33)24-29)34-17-5-2-14-30(34)31-15-3-6-18-35(31)38/h2-24H. The van der Waals surface area contributed by atoms with Gasteiger partial charge in [0, 0.05) is 17.1 Å². The molecule has 0 heterocycles. The number of nitrogens with zero attached hydrogens (tertiary/aromatic N) is 2. The predicted molar refractivity (Wildman–Crippen MR) is 164 cm³/mol. The monoisotopic (exact) mass is 526 g/mol. The van der Waals surface area contributed by atoms with Gasteiger partial charge in [-0.05, 0) is 87.0 Å². The van der Waals surface area contributed by atoms with Gasteiger partial charge in [0.05, 0.1) is 12.0 Å². The average molecular weight is 527 g/mol. The Hall–Kier alpha value is -5.46. The number of benzene rings is 6. The van der Waals surface area contributed by atoms with E-state index in [1.807, 2.05) is 29.2 Å². The van der Waals surface area contributed by atoms with Gasteiger partial charge in [0.15, 0.2) is 5.69 Å². The van der Waals surface area contributed by atoms with Crippen LogP contribution in [0.2, 0.25) is 0 Å². The van der Waals surface area contributed by atoms with Crippen LogP contribution in [0.5, 0.6) is 0 Å². The molecule has 6 aromatic rings. The molecule has 2 nitrogen and oxygen atoms in total. The second-order valence-corrected chi connectivity index (χ2v) is 10.6. The first kappa shape index (κ1) is 23.4. The Balaban J connectivity index is 1.45. The maximum absolute atomic E-state index is 14.6. The van der Waals surface area contributed by atoms with Gasteiger partial charge in [-0.1, -0.05) is 97.1 Å². The third-order valence-electron chi connectivity index (χ3n) is 8.52. The molecular formula is C38H23FN2. The minimum absolute atomic E-state index is 0.308. The van der Waals surface area contributed by atoms with E-state index in [0.717, 1.165) is 11.4 Å². The molecule has 3 heteroatoms. The van der Waals surface area contributed by atoms with Crippen LogP contribution in [0.3, 0.4) is 0 Å². The van der Waals surface area contributed by atoms with Crippen LogP contribution < -0.4 is 4.90 Å². The average Bonchev–Trinajstić information content (AvgIpc) is 3.49. The quantitative estimate of drug-likeness (QED) is 0.208. The zero-order valence-electron chi connectivity index (χ0n) is 22.1. The van der Waals surface area contributed by atoms with Crippen LogP contribution in [0, 0.1) is 12.4 Å². The molecule has 8 rings (SSSR count). The Morgan fingerprint density at radius 3 is 1.59 bits per heavy atom. The van der Waals surface area contributed by atoms with E-state index in [0.29, 0.717) is 11.4 Å². The Labute approximate surface area is 238 Å². The Bertz CT molecular complexity index is 1990. The van der Waals surface area contributed by atoms with Crippen molar-refractivity contribution in [1.82, 2.24) is 0 Å². The molecule has 2 aliphatic rings. The summed E-state index contributed by atoms with van der Waals surface area (Å²) in [5.41, 5.74) is 12.4. The van der Waals surface area contributed by atoms with Crippen LogP contribution in [0.1, 0.15) is 22.3 Å². The maximum Gasteiger partial charge on any atom is 0.189 e. The van der Waals surface area contributed by atoms with Crippen molar-refractivity contribution in [2.24, 2.45) is 0 Å². The summed E-state index contributed by atoms with van der Waals surface area (Å²) < 4.78 is 14.6. The third kappa shape index (κ3) is 3.22. The van der Waals surface area contributed by atoms with Gasteiger partial charge in [-0.2, -0.15) is 0 Å². The molecule has 0 N–H and O–H groups in total. The van der Waals surface area contributed by atoms with E-state index in [4.69, 9.17) is 6.57 Å². The molecule has 192 valence electrons. The lowest BCUT2D eigenvalue weighted by atomic mass is 9.70. The Kier molecular flexibility index (Phi) is 5.01. The van der Waals surface area contributed by atoms with Gasteiger partial charge in [-0.15, -0.1) is 0 Å². The van der Waals surface area contributed by atoms with Gasteiger partial charge in [0.1, 0.15) is 5.82 Å². The summed E-state index contributed by atoms with van der Waals surface area (Å²) in [5.74, 6) is -0.308. The van der Waals surface area contributed by atoms with E-state index in [2.05, 4.69) is 95.8 Å². The largest absolute Gasteiger partial charge is 0.312 e. The lowest BCUT2D eigenvalue weighted by molar-refractivity contribution is 0.628. The first-order valence-corrected chi connectivity index (χ1v) is 13.7. The van der Waals surface area contributed by atoms with Crippen molar-refractivity contribution >= 4 is 22.7 Å². The summed E-state index contributed by atoms with van der Waals surface area (Å²) in [6.07, 6.45) is 0. The third-order valence-corrected chi connectivity index (χ3v) is 8.52. The zero-order chi connectivity index (χ0) is 27.6. The van der Waals surface area contributed by atoms with Gasteiger partial charge < -0.3 is 4.90 Å². The number of anilines is 3. The van der Waals surface area contributed by atoms with E-state index in [1.165, 1.54) is 50.6 Å². The summed E-state index contributed by atoms with van der Waals surface area (Å²) in [6, 6.07) is 46.9. The summed E-state index contributed by atoms with van der Waals surface area (Å²) in [5, 5.41) is 0. The van der Waals surface area contributed by atoms with E-state index in [-0.39, 0.29) is 5.82 Å². The lowest BCUT2D eigenvalue weighted by Gasteiger charge is -2.32. The first-order valence-electron chi connectivity index (χ1n) is 13.7. The number of halogens is 1. The maximum atomic E-state index is 14.6. The van der Waals surface area contributed by atoms with Crippen LogP contribution in [-0.2, 0) is 5.41 Å². The smallest absolute Gasteiger partial charge is 0.189 e. The zero-order valence-corrected chi connectivity index (χ0v) is 22.1. The van der Waals surface area contributed by atoms with Crippen LogP contribution in [0.15, 0.2) is 140 Å².